The lowest BCUT2D eigenvalue weighted by atomic mass is 10.1. The number of benzene rings is 2. The molecule has 0 aliphatic carbocycles. The second-order valence-electron chi connectivity index (χ2n) is 5.67. The van der Waals surface area contributed by atoms with E-state index in [9.17, 15) is 4.79 Å². The molecule has 1 amide bonds. The minimum absolute atomic E-state index is 0.176. The summed E-state index contributed by atoms with van der Waals surface area (Å²) in [7, 11) is 3.21. The predicted octanol–water partition coefficient (Wildman–Crippen LogP) is 2.79. The van der Waals surface area contributed by atoms with Crippen molar-refractivity contribution in [3.8, 4) is 11.5 Å². The standard InChI is InChI=1S/C19H22N2O4/c1-23-15-5-3-14(4-6-15)19(22)20-17-13-16(24-2)7-8-18(17)21-9-11-25-12-10-21/h3-8,13H,9-12H2,1-2H3,(H,20,22). The maximum atomic E-state index is 12.6. The van der Waals surface area contributed by atoms with Crippen LogP contribution in [0.3, 0.4) is 0 Å². The molecule has 25 heavy (non-hydrogen) atoms. The van der Waals surface area contributed by atoms with Gasteiger partial charge in [0.2, 0.25) is 0 Å². The Bertz CT molecular complexity index is 725. The molecule has 132 valence electrons. The predicted molar refractivity (Wildman–Crippen MR) is 97.0 cm³/mol. The molecule has 1 fully saturated rings. The maximum Gasteiger partial charge on any atom is 0.255 e. The van der Waals surface area contributed by atoms with Crippen molar-refractivity contribution in [2.75, 3.05) is 50.7 Å². The number of anilines is 2. The normalized spacial score (nSPS) is 14.1. The average molecular weight is 342 g/mol. The van der Waals surface area contributed by atoms with Crippen LogP contribution in [0.25, 0.3) is 0 Å². The molecule has 0 aromatic heterocycles. The number of carbonyl (C=O) groups excluding carboxylic acids is 1. The minimum Gasteiger partial charge on any atom is -0.497 e. The molecule has 2 aromatic carbocycles. The first-order chi connectivity index (χ1) is 12.2. The summed E-state index contributed by atoms with van der Waals surface area (Å²) in [5, 5.41) is 2.99. The van der Waals surface area contributed by atoms with Crippen molar-refractivity contribution in [2.45, 2.75) is 0 Å². The van der Waals surface area contributed by atoms with Crippen LogP contribution in [0.1, 0.15) is 10.4 Å². The second kappa shape index (κ2) is 7.90. The highest BCUT2D eigenvalue weighted by atomic mass is 16.5. The van der Waals surface area contributed by atoms with Gasteiger partial charge in [-0.05, 0) is 36.4 Å². The van der Waals surface area contributed by atoms with Gasteiger partial charge in [-0.3, -0.25) is 4.79 Å². The van der Waals surface area contributed by atoms with Crippen molar-refractivity contribution >= 4 is 17.3 Å². The van der Waals surface area contributed by atoms with Gasteiger partial charge in [0, 0.05) is 24.7 Å². The Morgan fingerprint density at radius 1 is 1.00 bits per heavy atom. The molecule has 1 N–H and O–H groups in total. The zero-order valence-corrected chi connectivity index (χ0v) is 14.5. The lowest BCUT2D eigenvalue weighted by Gasteiger charge is -2.30. The molecule has 0 atom stereocenters. The second-order valence-corrected chi connectivity index (χ2v) is 5.67. The van der Waals surface area contributed by atoms with Crippen LogP contribution in [0.2, 0.25) is 0 Å². The van der Waals surface area contributed by atoms with Crippen LogP contribution in [0.5, 0.6) is 11.5 Å². The van der Waals surface area contributed by atoms with Crippen molar-refractivity contribution in [1.29, 1.82) is 0 Å². The maximum absolute atomic E-state index is 12.6. The summed E-state index contributed by atoms with van der Waals surface area (Å²) in [6, 6.07) is 12.7. The molecule has 0 saturated carbocycles. The van der Waals surface area contributed by atoms with Crippen LogP contribution in [-0.4, -0.2) is 46.4 Å². The molecule has 3 rings (SSSR count). The highest BCUT2D eigenvalue weighted by molar-refractivity contribution is 6.06. The molecular formula is C19H22N2O4. The molecule has 6 heteroatoms. The van der Waals surface area contributed by atoms with Gasteiger partial charge in [-0.2, -0.15) is 0 Å². The summed E-state index contributed by atoms with van der Waals surface area (Å²) >= 11 is 0. The molecule has 6 nitrogen and oxygen atoms in total. The Balaban J connectivity index is 1.84. The Kier molecular flexibility index (Phi) is 5.40. The van der Waals surface area contributed by atoms with E-state index in [-0.39, 0.29) is 5.91 Å². The molecular weight excluding hydrogens is 320 g/mol. The molecule has 2 aromatic rings. The number of hydrogen-bond acceptors (Lipinski definition) is 5. The van der Waals surface area contributed by atoms with E-state index in [4.69, 9.17) is 14.2 Å². The molecule has 0 unspecified atom stereocenters. The van der Waals surface area contributed by atoms with Crippen molar-refractivity contribution in [2.24, 2.45) is 0 Å². The van der Waals surface area contributed by atoms with Gasteiger partial charge in [-0.15, -0.1) is 0 Å². The van der Waals surface area contributed by atoms with Gasteiger partial charge < -0.3 is 24.4 Å². The summed E-state index contributed by atoms with van der Waals surface area (Å²) in [6.07, 6.45) is 0. The molecule has 1 aliphatic heterocycles. The monoisotopic (exact) mass is 342 g/mol. The van der Waals surface area contributed by atoms with Crippen molar-refractivity contribution in [3.63, 3.8) is 0 Å². The van der Waals surface area contributed by atoms with Gasteiger partial charge in [-0.1, -0.05) is 0 Å². The van der Waals surface area contributed by atoms with Gasteiger partial charge >= 0.3 is 0 Å². The smallest absolute Gasteiger partial charge is 0.255 e. The van der Waals surface area contributed by atoms with Crippen molar-refractivity contribution < 1.29 is 19.0 Å². The number of rotatable bonds is 5. The number of nitrogens with one attached hydrogen (secondary N) is 1. The summed E-state index contributed by atoms with van der Waals surface area (Å²) in [4.78, 5) is 14.8. The number of morpholine rings is 1. The Hall–Kier alpha value is -2.73. The molecule has 0 radical (unpaired) electrons. The first-order valence-electron chi connectivity index (χ1n) is 8.17. The van der Waals surface area contributed by atoms with E-state index in [2.05, 4.69) is 10.2 Å². The summed E-state index contributed by atoms with van der Waals surface area (Å²) in [5.74, 6) is 1.24. The van der Waals surface area contributed by atoms with E-state index in [1.807, 2.05) is 18.2 Å². The third-order valence-electron chi connectivity index (χ3n) is 4.16. The van der Waals surface area contributed by atoms with Crippen LogP contribution >= 0.6 is 0 Å². The third-order valence-corrected chi connectivity index (χ3v) is 4.16. The van der Waals surface area contributed by atoms with E-state index in [1.165, 1.54) is 0 Å². The Labute approximate surface area is 147 Å². The number of ether oxygens (including phenoxy) is 3. The summed E-state index contributed by atoms with van der Waals surface area (Å²) in [5.41, 5.74) is 2.25. The van der Waals surface area contributed by atoms with Crippen LogP contribution < -0.4 is 19.7 Å². The highest BCUT2D eigenvalue weighted by Gasteiger charge is 2.17. The van der Waals surface area contributed by atoms with Gasteiger partial charge in [0.1, 0.15) is 11.5 Å². The van der Waals surface area contributed by atoms with Gasteiger partial charge in [0.25, 0.3) is 5.91 Å². The minimum atomic E-state index is -0.176. The van der Waals surface area contributed by atoms with Crippen LogP contribution in [0, 0.1) is 0 Å². The number of methoxy groups -OCH3 is 2. The lowest BCUT2D eigenvalue weighted by molar-refractivity contribution is 0.102. The van der Waals surface area contributed by atoms with Crippen LogP contribution in [0.4, 0.5) is 11.4 Å². The number of nitrogens with zero attached hydrogens (tertiary/aromatic N) is 1. The number of carbonyl (C=O) groups is 1. The third kappa shape index (κ3) is 4.03. The average Bonchev–Trinajstić information content (AvgIpc) is 2.68. The van der Waals surface area contributed by atoms with Gasteiger partial charge in [0.05, 0.1) is 38.8 Å². The van der Waals surface area contributed by atoms with Crippen LogP contribution in [-0.2, 0) is 4.74 Å². The van der Waals surface area contributed by atoms with Gasteiger partial charge in [-0.25, -0.2) is 0 Å². The van der Waals surface area contributed by atoms with Crippen molar-refractivity contribution in [3.05, 3.63) is 48.0 Å². The molecule has 1 heterocycles. The zero-order valence-electron chi connectivity index (χ0n) is 14.5. The first-order valence-corrected chi connectivity index (χ1v) is 8.17. The van der Waals surface area contributed by atoms with Gasteiger partial charge in [0.15, 0.2) is 0 Å². The van der Waals surface area contributed by atoms with E-state index in [0.29, 0.717) is 30.3 Å². The van der Waals surface area contributed by atoms with Crippen molar-refractivity contribution in [1.82, 2.24) is 0 Å². The SMILES string of the molecule is COc1ccc(C(=O)Nc2cc(OC)ccc2N2CCOCC2)cc1. The fourth-order valence-electron chi connectivity index (χ4n) is 2.76. The number of hydrogen-bond donors (Lipinski definition) is 1. The Morgan fingerprint density at radius 2 is 1.64 bits per heavy atom. The lowest BCUT2D eigenvalue weighted by Crippen LogP contribution is -2.36. The fourth-order valence-corrected chi connectivity index (χ4v) is 2.76. The van der Waals surface area contributed by atoms with E-state index in [1.54, 1.807) is 38.5 Å². The molecule has 1 saturated heterocycles. The van der Waals surface area contributed by atoms with Crippen LogP contribution in [0.15, 0.2) is 42.5 Å². The molecule has 0 spiro atoms. The van der Waals surface area contributed by atoms with E-state index in [0.717, 1.165) is 24.5 Å². The largest absolute Gasteiger partial charge is 0.497 e. The highest BCUT2D eigenvalue weighted by Crippen LogP contribution is 2.31. The zero-order chi connectivity index (χ0) is 17.6. The quantitative estimate of drug-likeness (QED) is 0.905. The summed E-state index contributed by atoms with van der Waals surface area (Å²) < 4.78 is 15.8. The topological polar surface area (TPSA) is 60.0 Å². The fraction of sp³-hybridized carbons (Fsp3) is 0.316. The first kappa shape index (κ1) is 17.1. The van der Waals surface area contributed by atoms with E-state index < -0.39 is 0 Å². The Morgan fingerprint density at radius 3 is 2.28 bits per heavy atom. The summed E-state index contributed by atoms with van der Waals surface area (Å²) in [6.45, 7) is 2.94. The van der Waals surface area contributed by atoms with E-state index >= 15 is 0 Å². The molecule has 1 aliphatic rings. The number of amides is 1. The molecule has 0 bridgehead atoms.